The molecule has 0 fully saturated rings. The number of para-hydroxylation sites is 4. The summed E-state index contributed by atoms with van der Waals surface area (Å²) >= 11 is 7.51. The molecule has 0 aliphatic heterocycles. The van der Waals surface area contributed by atoms with E-state index in [0.717, 1.165) is 128 Å². The maximum atomic E-state index is 6.92. The Morgan fingerprint density at radius 3 is 0.909 bits per heavy atom. The average Bonchev–Trinajstić information content (AvgIpc) is 1.59. The van der Waals surface area contributed by atoms with Crippen molar-refractivity contribution in [2.45, 2.75) is 0 Å². The van der Waals surface area contributed by atoms with Gasteiger partial charge in [0, 0.05) is 207 Å². The molecular formula is C121H73N5O2S4. The molecule has 0 unspecified atom stereocenters. The molecule has 11 heterocycles. The Morgan fingerprint density at radius 2 is 0.470 bits per heavy atom. The summed E-state index contributed by atoms with van der Waals surface area (Å²) in [6.07, 6.45) is 14.9. The molecule has 132 heavy (non-hydrogen) atoms. The molecule has 27 aromatic rings. The standard InChI is InChI=1S/C41H25NOS.C40H24N2OS.C40H24N2S2/c1-3-12-26(13-4-1)36-24-28(25-37(42-36)27-14-5-2-6-15-27)29-17-9-18-31-32-19-10-20-33(40(32)43-39(29)31)35-22-11-21-34-30-16-7-8-23-38(30)44-41(34)35;1-2-13-37-31(6-1)32-8-4-9-33(38(32)43-37)34-10-5-12-36-35-11-3-7-30(39(35)44-40(34)36)29-23-27(25-14-18-41-19-15-25)22-28(24-29)26-16-20-42-21-17-26;1-2-15-37-31(8-1)32-10-4-12-34(39(32)43-37)36-14-5-13-35-33-11-3-9-30(38(33)44-40(35)36)29-22-27(25-16-19-41-20-17-25)21-28(23-29)26-7-6-18-42-24-26/h1-25H;2*1-24H. The second-order valence-electron chi connectivity index (χ2n) is 33.1. The van der Waals surface area contributed by atoms with Crippen LogP contribution in [0.25, 0.3) is 258 Å². The van der Waals surface area contributed by atoms with Crippen molar-refractivity contribution in [1.29, 1.82) is 0 Å². The summed E-state index contributed by atoms with van der Waals surface area (Å²) in [4.78, 5) is 22.3. The Morgan fingerprint density at radius 1 is 0.167 bits per heavy atom. The highest BCUT2D eigenvalue weighted by Gasteiger charge is 2.25. The third kappa shape index (κ3) is 13.9. The zero-order valence-electron chi connectivity index (χ0n) is 70.8. The highest BCUT2D eigenvalue weighted by molar-refractivity contribution is 7.28. The van der Waals surface area contributed by atoms with Gasteiger partial charge in [0.15, 0.2) is 0 Å². The fourth-order valence-electron chi connectivity index (χ4n) is 19.3. The first-order chi connectivity index (χ1) is 65.4. The van der Waals surface area contributed by atoms with E-state index in [1.807, 2.05) is 125 Å². The number of aromatic nitrogens is 5. The number of benzene rings is 16. The number of fused-ring (bicyclic) bond motifs is 18. The molecule has 11 heteroatoms. The maximum Gasteiger partial charge on any atom is 0.143 e. The first-order valence-corrected chi connectivity index (χ1v) is 47.3. The number of hydrogen-bond donors (Lipinski definition) is 0. The molecule has 0 N–H and O–H groups in total. The van der Waals surface area contributed by atoms with Crippen LogP contribution in [-0.2, 0) is 0 Å². The van der Waals surface area contributed by atoms with Gasteiger partial charge in [0.05, 0.1) is 11.4 Å². The molecule has 0 aliphatic rings. The van der Waals surface area contributed by atoms with Crippen LogP contribution in [0.3, 0.4) is 0 Å². The van der Waals surface area contributed by atoms with E-state index in [2.05, 4.69) is 384 Å². The molecule has 0 bridgehead atoms. The quantitative estimate of drug-likeness (QED) is 0.120. The average molecular weight is 1760 g/mol. The number of thiophene rings is 4. The first-order valence-electron chi connectivity index (χ1n) is 44.1. The van der Waals surface area contributed by atoms with Gasteiger partial charge in [-0.25, -0.2) is 4.98 Å². The number of furan rings is 2. The minimum absolute atomic E-state index is 0.891. The van der Waals surface area contributed by atoms with Gasteiger partial charge in [-0.05, 0) is 176 Å². The molecule has 0 saturated heterocycles. The van der Waals surface area contributed by atoms with E-state index in [-0.39, 0.29) is 0 Å². The van der Waals surface area contributed by atoms with Gasteiger partial charge in [-0.2, -0.15) is 0 Å². The number of nitrogens with zero attached hydrogens (tertiary/aromatic N) is 5. The van der Waals surface area contributed by atoms with Crippen molar-refractivity contribution in [3.63, 3.8) is 0 Å². The van der Waals surface area contributed by atoms with E-state index in [4.69, 9.17) is 13.8 Å². The van der Waals surface area contributed by atoms with Crippen LogP contribution in [0.4, 0.5) is 0 Å². The summed E-state index contributed by atoms with van der Waals surface area (Å²) in [5.41, 5.74) is 31.1. The van der Waals surface area contributed by atoms with Crippen molar-refractivity contribution >= 4 is 170 Å². The zero-order chi connectivity index (χ0) is 87.1. The van der Waals surface area contributed by atoms with E-state index in [1.54, 1.807) is 0 Å². The van der Waals surface area contributed by atoms with Gasteiger partial charge in [0.1, 0.15) is 22.3 Å². The smallest absolute Gasteiger partial charge is 0.143 e. The normalized spacial score (nSPS) is 11.6. The molecule has 0 saturated carbocycles. The van der Waals surface area contributed by atoms with Crippen LogP contribution in [0.2, 0.25) is 0 Å². The Hall–Kier alpha value is -16.3. The molecule has 16 aromatic carbocycles. The third-order valence-corrected chi connectivity index (χ3v) is 30.5. The van der Waals surface area contributed by atoms with Crippen LogP contribution >= 0.6 is 45.3 Å². The monoisotopic (exact) mass is 1760 g/mol. The van der Waals surface area contributed by atoms with E-state index >= 15 is 0 Å². The maximum absolute atomic E-state index is 6.92. The van der Waals surface area contributed by atoms with Crippen molar-refractivity contribution in [2.75, 3.05) is 0 Å². The molecule has 0 spiro atoms. The first kappa shape index (κ1) is 78.0. The van der Waals surface area contributed by atoms with Crippen LogP contribution < -0.4 is 0 Å². The lowest BCUT2D eigenvalue weighted by molar-refractivity contribution is 0.670. The lowest BCUT2D eigenvalue weighted by Gasteiger charge is -2.12. The summed E-state index contributed by atoms with van der Waals surface area (Å²) in [5.74, 6) is 0. The van der Waals surface area contributed by atoms with Crippen molar-refractivity contribution in [1.82, 2.24) is 24.9 Å². The number of pyridine rings is 5. The van der Waals surface area contributed by atoms with Crippen molar-refractivity contribution in [3.8, 4) is 134 Å². The van der Waals surface area contributed by atoms with Gasteiger partial charge >= 0.3 is 0 Å². The summed E-state index contributed by atoms with van der Waals surface area (Å²) in [6.45, 7) is 0. The predicted molar refractivity (Wildman–Crippen MR) is 560 cm³/mol. The van der Waals surface area contributed by atoms with Gasteiger partial charge in [0.2, 0.25) is 0 Å². The zero-order valence-corrected chi connectivity index (χ0v) is 74.1. The SMILES string of the molecule is c1ccc(-c2cc(-c3cccc4c3oc3c(-c5cccc6c5sc5ccccc56)cccc34)cc(-c3ccccc3)n2)cc1.c1ccc2c(c1)oc1c(-c3cccc4c3sc3c(-c5cc(-c6ccncc6)cc(-c6ccncc6)c5)cccc34)cccc12.c1cncc(-c2cc(-c3ccncc3)cc(-c3cccc4c3sc3c(-c5cccc6c5sc5ccccc56)cccc34)c2)c1. The predicted octanol–water partition coefficient (Wildman–Crippen LogP) is 35.3. The fourth-order valence-corrected chi connectivity index (χ4v) is 24.4. The molecule has 11 aromatic heterocycles. The molecule has 0 radical (unpaired) electrons. The molecule has 27 rings (SSSR count). The Bertz CT molecular complexity index is 8150. The third-order valence-electron chi connectivity index (χ3n) is 25.5. The highest BCUT2D eigenvalue weighted by atomic mass is 32.1. The van der Waals surface area contributed by atoms with Crippen LogP contribution in [0.15, 0.2) is 453 Å². The van der Waals surface area contributed by atoms with Crippen LogP contribution in [0.1, 0.15) is 0 Å². The molecule has 0 atom stereocenters. The van der Waals surface area contributed by atoms with Crippen LogP contribution in [0, 0.1) is 0 Å². The van der Waals surface area contributed by atoms with E-state index in [0.29, 0.717) is 0 Å². The summed E-state index contributed by atoms with van der Waals surface area (Å²) < 4.78 is 23.8. The van der Waals surface area contributed by atoms with Gasteiger partial charge < -0.3 is 8.83 Å². The van der Waals surface area contributed by atoms with Crippen molar-refractivity contribution in [3.05, 3.63) is 444 Å². The van der Waals surface area contributed by atoms with E-state index < -0.39 is 0 Å². The molecular weight excluding hydrogens is 1680 g/mol. The second kappa shape index (κ2) is 33.1. The summed E-state index contributed by atoms with van der Waals surface area (Å²) in [7, 11) is 0. The van der Waals surface area contributed by atoms with E-state index in [1.165, 1.54) is 131 Å². The molecule has 618 valence electrons. The minimum atomic E-state index is 0.891. The van der Waals surface area contributed by atoms with Crippen LogP contribution in [-0.4, -0.2) is 24.9 Å². The highest BCUT2D eigenvalue weighted by Crippen LogP contribution is 2.52. The van der Waals surface area contributed by atoms with Crippen molar-refractivity contribution in [2.24, 2.45) is 0 Å². The Labute approximate surface area is 775 Å². The minimum Gasteiger partial charge on any atom is -0.455 e. The topological polar surface area (TPSA) is 90.7 Å². The van der Waals surface area contributed by atoms with Gasteiger partial charge in [-0.1, -0.05) is 285 Å². The molecule has 7 nitrogen and oxygen atoms in total. The Balaban J connectivity index is 0.000000106. The fraction of sp³-hybridized carbons (Fsp3) is 0. The van der Waals surface area contributed by atoms with Gasteiger partial charge in [-0.3, -0.25) is 19.9 Å². The van der Waals surface area contributed by atoms with Gasteiger partial charge in [-0.15, -0.1) is 45.3 Å². The summed E-state index contributed by atoms with van der Waals surface area (Å²) in [6, 6.07) is 141. The molecule has 0 amide bonds. The van der Waals surface area contributed by atoms with Gasteiger partial charge in [0.25, 0.3) is 0 Å². The molecule has 0 aliphatic carbocycles. The van der Waals surface area contributed by atoms with Crippen LogP contribution in [0.5, 0.6) is 0 Å². The van der Waals surface area contributed by atoms with E-state index in [9.17, 15) is 0 Å². The van der Waals surface area contributed by atoms with Crippen molar-refractivity contribution < 1.29 is 8.83 Å². The lowest BCUT2D eigenvalue weighted by atomic mass is 9.93. The summed E-state index contributed by atoms with van der Waals surface area (Å²) in [5, 5.41) is 14.9. The number of hydrogen-bond acceptors (Lipinski definition) is 11. The largest absolute Gasteiger partial charge is 0.455 e. The lowest BCUT2D eigenvalue weighted by Crippen LogP contribution is -1.91. The second-order valence-corrected chi connectivity index (χ2v) is 37.3. The number of rotatable bonds is 12. The Kier molecular flexibility index (Phi) is 19.6.